The molecule has 1 saturated heterocycles. The maximum atomic E-state index is 12.4. The average Bonchev–Trinajstić information content (AvgIpc) is 2.48. The summed E-state index contributed by atoms with van der Waals surface area (Å²) in [6.45, 7) is 3.51. The van der Waals surface area contributed by atoms with E-state index in [-0.39, 0.29) is 0 Å². The van der Waals surface area contributed by atoms with Gasteiger partial charge >= 0.3 is 0 Å². The number of amides is 1. The Bertz CT molecular complexity index is 300. The van der Waals surface area contributed by atoms with Gasteiger partial charge in [-0.05, 0) is 51.1 Å². The molecule has 2 fully saturated rings. The summed E-state index contributed by atoms with van der Waals surface area (Å²) >= 11 is 0. The van der Waals surface area contributed by atoms with Crippen molar-refractivity contribution in [3.63, 3.8) is 0 Å². The second-order valence-corrected chi connectivity index (χ2v) is 6.62. The minimum absolute atomic E-state index is 0.310. The summed E-state index contributed by atoms with van der Waals surface area (Å²) in [6.07, 6.45) is 9.88. The average molecular weight is 281 g/mol. The van der Waals surface area contributed by atoms with Gasteiger partial charge in [-0.15, -0.1) is 0 Å². The molecule has 2 N–H and O–H groups in total. The van der Waals surface area contributed by atoms with E-state index in [0.717, 1.165) is 26.1 Å². The van der Waals surface area contributed by atoms with Crippen molar-refractivity contribution >= 4 is 5.91 Å². The topological polar surface area (TPSA) is 49.6 Å². The molecule has 0 spiro atoms. The zero-order valence-corrected chi connectivity index (χ0v) is 13.0. The summed E-state index contributed by atoms with van der Waals surface area (Å²) in [5.41, 5.74) is 5.66. The molecule has 116 valence electrons. The molecule has 0 aromatic carbocycles. The normalized spacial score (nSPS) is 25.6. The van der Waals surface area contributed by atoms with Crippen molar-refractivity contribution in [1.82, 2.24) is 9.80 Å². The van der Waals surface area contributed by atoms with E-state index in [1.54, 1.807) is 0 Å². The van der Waals surface area contributed by atoms with Crippen LogP contribution in [0.4, 0.5) is 0 Å². The zero-order valence-electron chi connectivity index (χ0n) is 13.0. The van der Waals surface area contributed by atoms with Gasteiger partial charge in [0.2, 0.25) is 5.91 Å². The predicted octanol–water partition coefficient (Wildman–Crippen LogP) is 1.84. The molecular weight excluding hydrogens is 250 g/mol. The van der Waals surface area contributed by atoms with Gasteiger partial charge in [-0.3, -0.25) is 9.69 Å². The third-order valence-corrected chi connectivity index (χ3v) is 5.05. The summed E-state index contributed by atoms with van der Waals surface area (Å²) in [7, 11) is 2.00. The van der Waals surface area contributed by atoms with Gasteiger partial charge < -0.3 is 10.6 Å². The maximum Gasteiger partial charge on any atom is 0.236 e. The van der Waals surface area contributed by atoms with Crippen LogP contribution in [0.3, 0.4) is 0 Å². The van der Waals surface area contributed by atoms with E-state index in [9.17, 15) is 4.79 Å². The molecule has 20 heavy (non-hydrogen) atoms. The van der Waals surface area contributed by atoms with Crippen LogP contribution in [-0.2, 0) is 4.79 Å². The van der Waals surface area contributed by atoms with E-state index < -0.39 is 0 Å². The second kappa shape index (κ2) is 7.99. The highest BCUT2D eigenvalue weighted by molar-refractivity contribution is 5.78. The lowest BCUT2D eigenvalue weighted by atomic mass is 9.94. The smallest absolute Gasteiger partial charge is 0.236 e. The van der Waals surface area contributed by atoms with Gasteiger partial charge in [0.25, 0.3) is 0 Å². The van der Waals surface area contributed by atoms with E-state index >= 15 is 0 Å². The van der Waals surface area contributed by atoms with Gasteiger partial charge in [-0.1, -0.05) is 19.3 Å². The number of hydrogen-bond acceptors (Lipinski definition) is 3. The molecule has 4 nitrogen and oxygen atoms in total. The lowest BCUT2D eigenvalue weighted by Gasteiger charge is -2.36. The molecule has 1 amide bonds. The van der Waals surface area contributed by atoms with E-state index in [0.29, 0.717) is 24.4 Å². The SMILES string of the molecule is CN(C(=O)CN1CCCC(CCN)C1)C1CCCCC1. The zero-order chi connectivity index (χ0) is 14.4. The number of nitrogens with zero attached hydrogens (tertiary/aromatic N) is 2. The molecule has 1 saturated carbocycles. The monoisotopic (exact) mass is 281 g/mol. The highest BCUT2D eigenvalue weighted by atomic mass is 16.2. The number of piperidine rings is 1. The Morgan fingerprint density at radius 1 is 1.20 bits per heavy atom. The number of likely N-dealkylation sites (N-methyl/N-ethyl adjacent to an activating group) is 1. The van der Waals surface area contributed by atoms with Crippen molar-refractivity contribution in [2.24, 2.45) is 11.7 Å². The van der Waals surface area contributed by atoms with Crippen LogP contribution in [0.25, 0.3) is 0 Å². The van der Waals surface area contributed by atoms with Crippen LogP contribution in [0.1, 0.15) is 51.4 Å². The first-order valence-corrected chi connectivity index (χ1v) is 8.38. The van der Waals surface area contributed by atoms with Crippen LogP contribution < -0.4 is 5.73 Å². The predicted molar refractivity (Wildman–Crippen MR) is 82.5 cm³/mol. The molecule has 1 atom stereocenters. The summed E-state index contributed by atoms with van der Waals surface area (Å²) in [6, 6.07) is 0.487. The van der Waals surface area contributed by atoms with Crippen LogP contribution in [0, 0.1) is 5.92 Å². The Morgan fingerprint density at radius 2 is 1.95 bits per heavy atom. The fourth-order valence-electron chi connectivity index (χ4n) is 3.74. The van der Waals surface area contributed by atoms with Gasteiger partial charge in [0.1, 0.15) is 0 Å². The Kier molecular flexibility index (Phi) is 6.30. The molecule has 2 aliphatic rings. The van der Waals surface area contributed by atoms with Crippen LogP contribution in [0.15, 0.2) is 0 Å². The molecule has 0 aromatic heterocycles. The number of carbonyl (C=O) groups is 1. The fraction of sp³-hybridized carbons (Fsp3) is 0.938. The largest absolute Gasteiger partial charge is 0.342 e. The van der Waals surface area contributed by atoms with Gasteiger partial charge in [-0.25, -0.2) is 0 Å². The van der Waals surface area contributed by atoms with Gasteiger partial charge in [0.05, 0.1) is 6.54 Å². The Hall–Kier alpha value is -0.610. The first-order chi connectivity index (χ1) is 9.70. The quantitative estimate of drug-likeness (QED) is 0.836. The van der Waals surface area contributed by atoms with Crippen molar-refractivity contribution in [2.45, 2.75) is 57.4 Å². The summed E-state index contributed by atoms with van der Waals surface area (Å²) in [5.74, 6) is 1.01. The van der Waals surface area contributed by atoms with Gasteiger partial charge in [-0.2, -0.15) is 0 Å². The molecule has 0 radical (unpaired) electrons. The molecule has 1 aliphatic carbocycles. The van der Waals surface area contributed by atoms with Gasteiger partial charge in [0.15, 0.2) is 0 Å². The van der Waals surface area contributed by atoms with E-state index in [1.165, 1.54) is 44.9 Å². The van der Waals surface area contributed by atoms with E-state index in [2.05, 4.69) is 4.90 Å². The lowest BCUT2D eigenvalue weighted by Crippen LogP contribution is -2.46. The van der Waals surface area contributed by atoms with Crippen molar-refractivity contribution < 1.29 is 4.79 Å². The lowest BCUT2D eigenvalue weighted by molar-refractivity contribution is -0.134. The Labute approximate surface area is 123 Å². The summed E-state index contributed by atoms with van der Waals surface area (Å²) in [5, 5.41) is 0. The van der Waals surface area contributed by atoms with Crippen molar-refractivity contribution in [1.29, 1.82) is 0 Å². The third-order valence-electron chi connectivity index (χ3n) is 5.05. The molecule has 2 rings (SSSR count). The minimum atomic E-state index is 0.310. The maximum absolute atomic E-state index is 12.4. The number of likely N-dealkylation sites (tertiary alicyclic amines) is 1. The van der Waals surface area contributed by atoms with Crippen LogP contribution in [-0.4, -0.2) is 55.0 Å². The molecule has 1 unspecified atom stereocenters. The Morgan fingerprint density at radius 3 is 2.65 bits per heavy atom. The van der Waals surface area contributed by atoms with Crippen LogP contribution in [0.5, 0.6) is 0 Å². The number of nitrogens with two attached hydrogens (primary N) is 1. The van der Waals surface area contributed by atoms with Crippen molar-refractivity contribution in [3.8, 4) is 0 Å². The summed E-state index contributed by atoms with van der Waals surface area (Å²) in [4.78, 5) is 16.8. The van der Waals surface area contributed by atoms with Gasteiger partial charge in [0, 0.05) is 19.6 Å². The number of carbonyl (C=O) groups excluding carboxylic acids is 1. The highest BCUT2D eigenvalue weighted by Gasteiger charge is 2.25. The second-order valence-electron chi connectivity index (χ2n) is 6.62. The summed E-state index contributed by atoms with van der Waals surface area (Å²) < 4.78 is 0. The molecule has 0 bridgehead atoms. The third kappa shape index (κ3) is 4.45. The highest BCUT2D eigenvalue weighted by Crippen LogP contribution is 2.23. The first-order valence-electron chi connectivity index (χ1n) is 8.38. The minimum Gasteiger partial charge on any atom is -0.342 e. The standard InChI is InChI=1S/C16H31N3O/c1-18(15-7-3-2-4-8-15)16(20)13-19-11-5-6-14(12-19)9-10-17/h14-15H,2-13,17H2,1H3. The van der Waals surface area contributed by atoms with E-state index in [1.807, 2.05) is 11.9 Å². The van der Waals surface area contributed by atoms with Crippen molar-refractivity contribution in [2.75, 3.05) is 33.2 Å². The fourth-order valence-corrected chi connectivity index (χ4v) is 3.74. The molecular formula is C16H31N3O. The number of hydrogen-bond donors (Lipinski definition) is 1. The van der Waals surface area contributed by atoms with Crippen molar-refractivity contribution in [3.05, 3.63) is 0 Å². The van der Waals surface area contributed by atoms with Crippen LogP contribution >= 0.6 is 0 Å². The number of rotatable bonds is 5. The van der Waals surface area contributed by atoms with Crippen LogP contribution in [0.2, 0.25) is 0 Å². The Balaban J connectivity index is 1.77. The van der Waals surface area contributed by atoms with E-state index in [4.69, 9.17) is 5.73 Å². The molecule has 1 heterocycles. The molecule has 1 aliphatic heterocycles. The molecule has 4 heteroatoms. The first kappa shape index (κ1) is 15.8. The molecule has 0 aromatic rings.